The van der Waals surface area contributed by atoms with Crippen molar-refractivity contribution in [3.05, 3.63) is 18.3 Å². The summed E-state index contributed by atoms with van der Waals surface area (Å²) in [5.74, 6) is 0.980. The SMILES string of the molecule is C[C@H]1CN(C(=O)CCNC(=O)NC(=O)CC2CC2)CCN1c1cccnn1.[HH].[HH]. The predicted molar refractivity (Wildman–Crippen MR) is 103 cm³/mol. The molecule has 27 heavy (non-hydrogen) atoms. The van der Waals surface area contributed by atoms with Crippen LogP contribution in [0.3, 0.4) is 0 Å². The summed E-state index contributed by atoms with van der Waals surface area (Å²) < 4.78 is 0. The van der Waals surface area contributed by atoms with Crippen LogP contribution in [0.4, 0.5) is 10.6 Å². The number of anilines is 1. The molecular weight excluding hydrogens is 348 g/mol. The Morgan fingerprint density at radius 3 is 2.78 bits per heavy atom. The summed E-state index contributed by atoms with van der Waals surface area (Å²) in [6, 6.07) is 3.36. The van der Waals surface area contributed by atoms with Gasteiger partial charge in [-0.05, 0) is 37.8 Å². The maximum Gasteiger partial charge on any atom is 0.321 e. The molecule has 150 valence electrons. The molecule has 4 amide bonds. The molecule has 0 aromatic carbocycles. The highest BCUT2D eigenvalue weighted by Gasteiger charge is 2.28. The number of nitrogens with one attached hydrogen (secondary N) is 2. The minimum atomic E-state index is -0.533. The highest BCUT2D eigenvalue weighted by atomic mass is 16.2. The summed E-state index contributed by atoms with van der Waals surface area (Å²) in [5.41, 5.74) is 0. The van der Waals surface area contributed by atoms with Crippen LogP contribution in [0, 0.1) is 5.92 Å². The molecule has 0 radical (unpaired) electrons. The van der Waals surface area contributed by atoms with Crippen LogP contribution in [-0.4, -0.2) is 65.2 Å². The third kappa shape index (κ3) is 5.63. The smallest absolute Gasteiger partial charge is 0.321 e. The normalized spacial score (nSPS) is 19.5. The van der Waals surface area contributed by atoms with Crippen LogP contribution in [-0.2, 0) is 9.59 Å². The molecule has 2 fully saturated rings. The lowest BCUT2D eigenvalue weighted by molar-refractivity contribution is -0.131. The molecule has 0 bridgehead atoms. The lowest BCUT2D eigenvalue weighted by atomic mass is 10.1. The van der Waals surface area contributed by atoms with E-state index in [9.17, 15) is 14.4 Å². The van der Waals surface area contributed by atoms with Crippen molar-refractivity contribution in [1.82, 2.24) is 25.7 Å². The Bertz CT molecular complexity index is 689. The molecule has 1 saturated heterocycles. The monoisotopic (exact) mass is 378 g/mol. The van der Waals surface area contributed by atoms with Gasteiger partial charge in [0.05, 0.1) is 0 Å². The molecule has 0 unspecified atom stereocenters. The number of imide groups is 1. The number of rotatable bonds is 6. The largest absolute Gasteiger partial charge is 0.349 e. The van der Waals surface area contributed by atoms with Crippen molar-refractivity contribution in [3.8, 4) is 0 Å². The van der Waals surface area contributed by atoms with E-state index in [1.165, 1.54) is 0 Å². The Morgan fingerprint density at radius 2 is 2.11 bits per heavy atom. The maximum absolute atomic E-state index is 12.4. The van der Waals surface area contributed by atoms with E-state index in [0.29, 0.717) is 32.0 Å². The summed E-state index contributed by atoms with van der Waals surface area (Å²) in [6.45, 7) is 4.15. The molecule has 1 aliphatic carbocycles. The van der Waals surface area contributed by atoms with Crippen LogP contribution in [0.25, 0.3) is 0 Å². The summed E-state index contributed by atoms with van der Waals surface area (Å²) in [4.78, 5) is 39.6. The average Bonchev–Trinajstić information content (AvgIpc) is 3.46. The predicted octanol–water partition coefficient (Wildman–Crippen LogP) is 1.02. The van der Waals surface area contributed by atoms with Crippen LogP contribution >= 0.6 is 0 Å². The van der Waals surface area contributed by atoms with Crippen LogP contribution in [0.15, 0.2) is 18.3 Å². The van der Waals surface area contributed by atoms with Gasteiger partial charge in [0.2, 0.25) is 11.8 Å². The first-order chi connectivity index (χ1) is 13.0. The fraction of sp³-hybridized carbons (Fsp3) is 0.611. The van der Waals surface area contributed by atoms with Crippen LogP contribution in [0.2, 0.25) is 0 Å². The van der Waals surface area contributed by atoms with Crippen molar-refractivity contribution in [3.63, 3.8) is 0 Å². The van der Waals surface area contributed by atoms with Crippen molar-refractivity contribution in [1.29, 1.82) is 0 Å². The van der Waals surface area contributed by atoms with E-state index in [1.807, 2.05) is 19.1 Å². The van der Waals surface area contributed by atoms with Gasteiger partial charge in [-0.25, -0.2) is 4.79 Å². The second kappa shape index (κ2) is 8.79. The maximum atomic E-state index is 12.4. The Balaban J connectivity index is 0.00000210. The van der Waals surface area contributed by atoms with Gasteiger partial charge < -0.3 is 15.1 Å². The van der Waals surface area contributed by atoms with Crippen LogP contribution in [0.5, 0.6) is 0 Å². The van der Waals surface area contributed by atoms with Crippen molar-refractivity contribution < 1.29 is 17.2 Å². The molecule has 9 nitrogen and oxygen atoms in total. The number of aromatic nitrogens is 2. The first-order valence-corrected chi connectivity index (χ1v) is 9.42. The Labute approximate surface area is 161 Å². The average molecular weight is 378 g/mol. The third-order valence-electron chi connectivity index (χ3n) is 4.88. The zero-order valence-electron chi connectivity index (χ0n) is 15.6. The zero-order chi connectivity index (χ0) is 19.2. The van der Waals surface area contributed by atoms with E-state index in [1.54, 1.807) is 11.1 Å². The zero-order valence-corrected chi connectivity index (χ0v) is 15.6. The number of nitrogens with zero attached hydrogens (tertiary/aromatic N) is 4. The number of hydrogen-bond acceptors (Lipinski definition) is 6. The molecule has 2 aliphatic rings. The second-order valence-corrected chi connectivity index (χ2v) is 7.17. The van der Waals surface area contributed by atoms with Gasteiger partial charge in [0.25, 0.3) is 0 Å². The van der Waals surface area contributed by atoms with E-state index in [0.717, 1.165) is 18.7 Å². The third-order valence-corrected chi connectivity index (χ3v) is 4.88. The molecule has 1 atom stereocenters. The molecule has 3 rings (SSSR count). The molecular formula is C18H30N6O3. The van der Waals surface area contributed by atoms with Gasteiger partial charge in [0.1, 0.15) is 0 Å². The van der Waals surface area contributed by atoms with Gasteiger partial charge >= 0.3 is 6.03 Å². The molecule has 1 aromatic rings. The quantitative estimate of drug-likeness (QED) is 0.765. The Kier molecular flexibility index (Phi) is 6.20. The van der Waals surface area contributed by atoms with Crippen molar-refractivity contribution in [2.45, 2.75) is 38.6 Å². The van der Waals surface area contributed by atoms with Crippen LogP contribution < -0.4 is 15.5 Å². The molecule has 1 aliphatic heterocycles. The minimum Gasteiger partial charge on any atom is -0.349 e. The molecule has 2 heterocycles. The Hall–Kier alpha value is -2.71. The van der Waals surface area contributed by atoms with Crippen molar-refractivity contribution in [2.75, 3.05) is 31.1 Å². The van der Waals surface area contributed by atoms with Crippen molar-refractivity contribution >= 4 is 23.7 Å². The summed E-state index contributed by atoms with van der Waals surface area (Å²) in [6.07, 6.45) is 4.37. The lowest BCUT2D eigenvalue weighted by Crippen LogP contribution is -2.54. The van der Waals surface area contributed by atoms with Gasteiger partial charge in [-0.2, -0.15) is 5.10 Å². The number of carbonyl (C=O) groups excluding carboxylic acids is 3. The topological polar surface area (TPSA) is 108 Å². The fourth-order valence-electron chi connectivity index (χ4n) is 3.22. The summed E-state index contributed by atoms with van der Waals surface area (Å²) in [5, 5.41) is 12.9. The van der Waals surface area contributed by atoms with Crippen LogP contribution in [0.1, 0.15) is 35.5 Å². The van der Waals surface area contributed by atoms with Gasteiger partial charge in [0, 0.05) is 54.1 Å². The number of hydrogen-bond donors (Lipinski definition) is 2. The molecule has 2 N–H and O–H groups in total. The summed E-state index contributed by atoms with van der Waals surface area (Å²) >= 11 is 0. The van der Waals surface area contributed by atoms with Gasteiger partial charge in [-0.3, -0.25) is 14.9 Å². The number of amides is 4. The van der Waals surface area contributed by atoms with Crippen molar-refractivity contribution in [2.24, 2.45) is 5.92 Å². The molecule has 1 saturated carbocycles. The van der Waals surface area contributed by atoms with E-state index in [4.69, 9.17) is 0 Å². The fourth-order valence-corrected chi connectivity index (χ4v) is 3.22. The standard InChI is InChI=1S/C18H26N6O3.2H2/c1-13-12-23(9-10-24(13)15-3-2-7-20-22-15)17(26)6-8-19-18(27)21-16(25)11-14-4-5-14;;/h2-3,7,13-14H,4-6,8-12H2,1H3,(H2,19,21,25,27);2*1H/t13-;;/m0../s1. The summed E-state index contributed by atoms with van der Waals surface area (Å²) in [7, 11) is 0. The highest BCUT2D eigenvalue weighted by molar-refractivity contribution is 5.94. The number of urea groups is 1. The van der Waals surface area contributed by atoms with Gasteiger partial charge in [0.15, 0.2) is 5.82 Å². The Morgan fingerprint density at radius 1 is 1.30 bits per heavy atom. The first kappa shape index (κ1) is 19.1. The highest BCUT2D eigenvalue weighted by Crippen LogP contribution is 2.32. The lowest BCUT2D eigenvalue weighted by Gasteiger charge is -2.40. The minimum absolute atomic E-state index is 0. The van der Waals surface area contributed by atoms with Gasteiger partial charge in [-0.1, -0.05) is 0 Å². The number of piperazine rings is 1. The van der Waals surface area contributed by atoms with E-state index in [-0.39, 0.29) is 33.7 Å². The molecule has 9 heteroatoms. The first-order valence-electron chi connectivity index (χ1n) is 9.42. The molecule has 1 aromatic heterocycles. The van der Waals surface area contributed by atoms with E-state index < -0.39 is 6.03 Å². The van der Waals surface area contributed by atoms with Gasteiger partial charge in [-0.15, -0.1) is 5.10 Å². The second-order valence-electron chi connectivity index (χ2n) is 7.17. The van der Waals surface area contributed by atoms with E-state index >= 15 is 0 Å². The van der Waals surface area contributed by atoms with E-state index in [2.05, 4.69) is 25.7 Å². The number of carbonyl (C=O) groups is 3. The molecule has 0 spiro atoms.